The van der Waals surface area contributed by atoms with Gasteiger partial charge < -0.3 is 9.64 Å². The van der Waals surface area contributed by atoms with Crippen molar-refractivity contribution in [1.82, 2.24) is 4.90 Å². The molecule has 1 fully saturated rings. The fourth-order valence-electron chi connectivity index (χ4n) is 3.12. The van der Waals surface area contributed by atoms with E-state index in [4.69, 9.17) is 4.74 Å². The number of hydrogen-bond acceptors (Lipinski definition) is 5. The van der Waals surface area contributed by atoms with Crippen molar-refractivity contribution in [3.05, 3.63) is 65.2 Å². The first-order valence-electron chi connectivity index (χ1n) is 9.30. The number of anilines is 1. The van der Waals surface area contributed by atoms with Gasteiger partial charge in [0.2, 0.25) is 0 Å². The smallest absolute Gasteiger partial charge is 0.337 e. The molecule has 2 aromatic rings. The molecule has 0 radical (unpaired) electrons. The van der Waals surface area contributed by atoms with Gasteiger partial charge in [-0.2, -0.15) is 0 Å². The molecule has 0 unspecified atom stereocenters. The van der Waals surface area contributed by atoms with Crippen molar-refractivity contribution in [3.63, 3.8) is 0 Å². The molecule has 0 aromatic heterocycles. The molecule has 1 saturated heterocycles. The molecule has 154 valence electrons. The van der Waals surface area contributed by atoms with Crippen molar-refractivity contribution in [2.45, 2.75) is 13.5 Å². The van der Waals surface area contributed by atoms with E-state index in [2.05, 4.69) is 0 Å². The summed E-state index contributed by atoms with van der Waals surface area (Å²) in [6, 6.07) is 14.2. The van der Waals surface area contributed by atoms with Gasteiger partial charge in [-0.05, 0) is 36.8 Å². The van der Waals surface area contributed by atoms with E-state index in [0.717, 1.165) is 16.8 Å². The Balaban J connectivity index is 1.84. The van der Waals surface area contributed by atoms with Crippen molar-refractivity contribution < 1.29 is 22.7 Å². The lowest BCUT2D eigenvalue weighted by atomic mass is 10.1. The zero-order chi connectivity index (χ0) is 21.0. The standard InChI is InChI=1S/C21H24N2O5S/c1-16-3-9-19(10-4-16)23(21(25)22-11-13-29(26,27)14-12-22)15-17-5-7-18(8-6-17)20(24)28-2/h3-10H,11-15H2,1-2H3. The average Bonchev–Trinajstić information content (AvgIpc) is 2.72. The summed E-state index contributed by atoms with van der Waals surface area (Å²) >= 11 is 0. The molecule has 0 aliphatic carbocycles. The number of ether oxygens (including phenoxy) is 1. The van der Waals surface area contributed by atoms with Crippen LogP contribution in [0.1, 0.15) is 21.5 Å². The number of amides is 2. The number of carbonyl (C=O) groups is 2. The predicted molar refractivity (Wildman–Crippen MR) is 111 cm³/mol. The SMILES string of the molecule is COC(=O)c1ccc(CN(C(=O)N2CCS(=O)(=O)CC2)c2ccc(C)cc2)cc1. The molecule has 2 aromatic carbocycles. The molecular weight excluding hydrogens is 392 g/mol. The van der Waals surface area contributed by atoms with Crippen LogP contribution in [0.25, 0.3) is 0 Å². The minimum Gasteiger partial charge on any atom is -0.465 e. The average molecular weight is 416 g/mol. The Labute approximate surface area is 170 Å². The Morgan fingerprint density at radius 2 is 1.59 bits per heavy atom. The van der Waals surface area contributed by atoms with Crippen LogP contribution in [-0.2, 0) is 21.1 Å². The van der Waals surface area contributed by atoms with E-state index in [-0.39, 0.29) is 30.6 Å². The highest BCUT2D eigenvalue weighted by Crippen LogP contribution is 2.21. The van der Waals surface area contributed by atoms with Crippen molar-refractivity contribution in [2.75, 3.05) is 36.6 Å². The third kappa shape index (κ3) is 5.14. The van der Waals surface area contributed by atoms with E-state index in [1.807, 2.05) is 31.2 Å². The van der Waals surface area contributed by atoms with E-state index in [1.54, 1.807) is 34.1 Å². The Morgan fingerprint density at radius 3 is 2.14 bits per heavy atom. The van der Waals surface area contributed by atoms with Gasteiger partial charge in [0.15, 0.2) is 9.84 Å². The molecule has 0 saturated carbocycles. The van der Waals surface area contributed by atoms with Crippen molar-refractivity contribution in [3.8, 4) is 0 Å². The van der Waals surface area contributed by atoms with Gasteiger partial charge in [0, 0.05) is 18.8 Å². The third-order valence-corrected chi connectivity index (χ3v) is 6.52. The molecule has 3 rings (SSSR count). The number of methoxy groups -OCH3 is 1. The van der Waals surface area contributed by atoms with Crippen LogP contribution in [0.2, 0.25) is 0 Å². The lowest BCUT2D eigenvalue weighted by Crippen LogP contribution is -2.49. The van der Waals surface area contributed by atoms with Gasteiger partial charge in [-0.3, -0.25) is 4.90 Å². The van der Waals surface area contributed by atoms with E-state index < -0.39 is 15.8 Å². The number of urea groups is 1. The fraction of sp³-hybridized carbons (Fsp3) is 0.333. The highest BCUT2D eigenvalue weighted by Gasteiger charge is 2.29. The van der Waals surface area contributed by atoms with Crippen molar-refractivity contribution in [1.29, 1.82) is 0 Å². The van der Waals surface area contributed by atoms with Crippen molar-refractivity contribution in [2.24, 2.45) is 0 Å². The predicted octanol–water partition coefficient (Wildman–Crippen LogP) is 2.64. The van der Waals surface area contributed by atoms with E-state index >= 15 is 0 Å². The largest absolute Gasteiger partial charge is 0.465 e. The van der Waals surface area contributed by atoms with Crippen LogP contribution >= 0.6 is 0 Å². The van der Waals surface area contributed by atoms with Crippen LogP contribution in [0.15, 0.2) is 48.5 Å². The molecular formula is C21H24N2O5S. The van der Waals surface area contributed by atoms with Gasteiger partial charge in [-0.1, -0.05) is 29.8 Å². The molecule has 0 atom stereocenters. The minimum absolute atomic E-state index is 0.0195. The summed E-state index contributed by atoms with van der Waals surface area (Å²) < 4.78 is 28.1. The monoisotopic (exact) mass is 416 g/mol. The van der Waals surface area contributed by atoms with Gasteiger partial charge in [0.05, 0.1) is 30.7 Å². The molecule has 0 bridgehead atoms. The summed E-state index contributed by atoms with van der Waals surface area (Å²) in [5.74, 6) is -0.458. The number of carbonyl (C=O) groups excluding carboxylic acids is 2. The normalized spacial score (nSPS) is 15.6. The maximum Gasteiger partial charge on any atom is 0.337 e. The first-order valence-corrected chi connectivity index (χ1v) is 11.1. The second-order valence-electron chi connectivity index (χ2n) is 7.03. The van der Waals surface area contributed by atoms with Gasteiger partial charge in [-0.25, -0.2) is 18.0 Å². The molecule has 29 heavy (non-hydrogen) atoms. The number of nitrogens with zero attached hydrogens (tertiary/aromatic N) is 2. The summed E-state index contributed by atoms with van der Waals surface area (Å²) in [5, 5.41) is 0. The number of rotatable bonds is 4. The highest BCUT2D eigenvalue weighted by molar-refractivity contribution is 7.91. The second kappa shape index (κ2) is 8.65. The highest BCUT2D eigenvalue weighted by atomic mass is 32.2. The number of hydrogen-bond donors (Lipinski definition) is 0. The van der Waals surface area contributed by atoms with Gasteiger partial charge in [-0.15, -0.1) is 0 Å². The van der Waals surface area contributed by atoms with Crippen LogP contribution in [-0.4, -0.2) is 57.0 Å². The maximum atomic E-state index is 13.2. The van der Waals surface area contributed by atoms with E-state index in [9.17, 15) is 18.0 Å². The topological polar surface area (TPSA) is 84.0 Å². The maximum absolute atomic E-state index is 13.2. The molecule has 2 amide bonds. The summed E-state index contributed by atoms with van der Waals surface area (Å²) in [7, 11) is -1.75. The Morgan fingerprint density at radius 1 is 1.00 bits per heavy atom. The molecule has 1 heterocycles. The van der Waals surface area contributed by atoms with Crippen LogP contribution in [0.5, 0.6) is 0 Å². The lowest BCUT2D eigenvalue weighted by Gasteiger charge is -2.33. The summed E-state index contributed by atoms with van der Waals surface area (Å²) in [5.41, 5.74) is 3.08. The van der Waals surface area contributed by atoms with Crippen LogP contribution in [0, 0.1) is 6.92 Å². The van der Waals surface area contributed by atoms with Gasteiger partial charge >= 0.3 is 12.0 Å². The van der Waals surface area contributed by atoms with Crippen LogP contribution in [0.4, 0.5) is 10.5 Å². The molecule has 0 spiro atoms. The summed E-state index contributed by atoms with van der Waals surface area (Å²) in [6.07, 6.45) is 0. The zero-order valence-electron chi connectivity index (χ0n) is 16.5. The van der Waals surface area contributed by atoms with E-state index in [1.165, 1.54) is 7.11 Å². The zero-order valence-corrected chi connectivity index (χ0v) is 17.3. The second-order valence-corrected chi connectivity index (χ2v) is 9.34. The number of sulfone groups is 1. The Bertz CT molecular complexity index is 971. The molecule has 1 aliphatic heterocycles. The third-order valence-electron chi connectivity index (χ3n) is 4.91. The number of aryl methyl sites for hydroxylation is 1. The molecule has 0 N–H and O–H groups in total. The number of esters is 1. The van der Waals surface area contributed by atoms with Gasteiger partial charge in [0.1, 0.15) is 0 Å². The van der Waals surface area contributed by atoms with Crippen molar-refractivity contribution >= 4 is 27.5 Å². The Hall–Kier alpha value is -2.87. The molecule has 7 nitrogen and oxygen atoms in total. The van der Waals surface area contributed by atoms with Crippen LogP contribution < -0.4 is 4.90 Å². The first kappa shape index (κ1) is 20.9. The summed E-state index contributed by atoms with van der Waals surface area (Å²) in [6.45, 7) is 2.64. The van der Waals surface area contributed by atoms with Gasteiger partial charge in [0.25, 0.3) is 0 Å². The lowest BCUT2D eigenvalue weighted by molar-refractivity contribution is 0.0600. The minimum atomic E-state index is -3.08. The molecule has 1 aliphatic rings. The summed E-state index contributed by atoms with van der Waals surface area (Å²) in [4.78, 5) is 28.0. The van der Waals surface area contributed by atoms with E-state index in [0.29, 0.717) is 12.1 Å². The van der Waals surface area contributed by atoms with Crippen LogP contribution in [0.3, 0.4) is 0 Å². The molecule has 8 heteroatoms. The Kier molecular flexibility index (Phi) is 6.22. The fourth-order valence-corrected chi connectivity index (χ4v) is 4.32. The number of benzene rings is 2. The quantitative estimate of drug-likeness (QED) is 0.716. The first-order chi connectivity index (χ1) is 13.8.